The molecule has 0 atom stereocenters. The molecule has 0 aliphatic carbocycles. The Morgan fingerprint density at radius 1 is 1.26 bits per heavy atom. The molecule has 1 amide bonds. The van der Waals surface area contributed by atoms with E-state index < -0.39 is 0 Å². The first-order valence-corrected chi connectivity index (χ1v) is 6.25. The van der Waals surface area contributed by atoms with E-state index in [1.54, 1.807) is 12.3 Å². The summed E-state index contributed by atoms with van der Waals surface area (Å²) in [4.78, 5) is 20.0. The number of hydrogen-bond donors (Lipinski definition) is 1. The molecule has 1 N–H and O–H groups in total. The third-order valence-corrected chi connectivity index (χ3v) is 3.02. The maximum atomic E-state index is 11.9. The number of amides is 1. The maximum Gasteiger partial charge on any atom is 0.253 e. The van der Waals surface area contributed by atoms with Crippen molar-refractivity contribution in [3.8, 4) is 0 Å². The molecule has 0 aliphatic rings. The largest absolute Gasteiger partial charge is 0.348 e. The van der Waals surface area contributed by atoms with E-state index in [-0.39, 0.29) is 5.91 Å². The average molecular weight is 276 g/mol. The Labute approximate surface area is 116 Å². The molecule has 0 radical (unpaired) electrons. The van der Waals surface area contributed by atoms with Gasteiger partial charge >= 0.3 is 0 Å². The molecule has 98 valence electrons. The minimum absolute atomic E-state index is 0.201. The SMILES string of the molecule is Cc1cc(CNC(=O)c2cncc(Cl)c2)cnc1C. The van der Waals surface area contributed by atoms with Crippen LogP contribution in [0.2, 0.25) is 5.02 Å². The summed E-state index contributed by atoms with van der Waals surface area (Å²) in [7, 11) is 0. The molecule has 0 unspecified atom stereocenters. The highest BCUT2D eigenvalue weighted by Gasteiger charge is 2.06. The molecular formula is C14H14ClN3O. The lowest BCUT2D eigenvalue weighted by Gasteiger charge is -2.07. The summed E-state index contributed by atoms with van der Waals surface area (Å²) in [5, 5.41) is 3.26. The van der Waals surface area contributed by atoms with E-state index >= 15 is 0 Å². The monoisotopic (exact) mass is 275 g/mol. The summed E-state index contributed by atoms with van der Waals surface area (Å²) in [6.07, 6.45) is 4.74. The molecule has 0 saturated heterocycles. The summed E-state index contributed by atoms with van der Waals surface area (Å²) in [6, 6.07) is 3.60. The number of carbonyl (C=O) groups is 1. The van der Waals surface area contributed by atoms with Gasteiger partial charge in [-0.1, -0.05) is 17.7 Å². The summed E-state index contributed by atoms with van der Waals surface area (Å²) in [5.41, 5.74) is 3.51. The molecule has 2 aromatic heterocycles. The Morgan fingerprint density at radius 2 is 2.05 bits per heavy atom. The molecule has 0 fully saturated rings. The van der Waals surface area contributed by atoms with Crippen LogP contribution in [0.25, 0.3) is 0 Å². The Bertz CT molecular complexity index is 613. The van der Waals surface area contributed by atoms with Gasteiger partial charge in [-0.25, -0.2) is 0 Å². The number of pyridine rings is 2. The first-order valence-electron chi connectivity index (χ1n) is 5.87. The van der Waals surface area contributed by atoms with Crippen LogP contribution in [-0.4, -0.2) is 15.9 Å². The molecule has 0 bridgehead atoms. The van der Waals surface area contributed by atoms with Gasteiger partial charge in [-0.3, -0.25) is 14.8 Å². The lowest BCUT2D eigenvalue weighted by atomic mass is 10.1. The van der Waals surface area contributed by atoms with E-state index in [4.69, 9.17) is 11.6 Å². The number of hydrogen-bond acceptors (Lipinski definition) is 3. The van der Waals surface area contributed by atoms with Crippen molar-refractivity contribution in [2.24, 2.45) is 0 Å². The molecule has 5 heteroatoms. The highest BCUT2D eigenvalue weighted by Crippen LogP contribution is 2.09. The Hall–Kier alpha value is -1.94. The average Bonchev–Trinajstić information content (AvgIpc) is 2.40. The second kappa shape index (κ2) is 5.80. The van der Waals surface area contributed by atoms with Crippen molar-refractivity contribution < 1.29 is 4.79 Å². The van der Waals surface area contributed by atoms with Gasteiger partial charge in [0, 0.05) is 30.8 Å². The van der Waals surface area contributed by atoms with Gasteiger partial charge in [-0.05, 0) is 31.0 Å². The lowest BCUT2D eigenvalue weighted by molar-refractivity contribution is 0.0950. The quantitative estimate of drug-likeness (QED) is 0.937. The number of halogens is 1. The zero-order chi connectivity index (χ0) is 13.8. The standard InChI is InChI=1S/C14H14ClN3O/c1-9-3-11(5-17-10(9)2)6-18-14(19)12-4-13(15)8-16-7-12/h3-5,7-8H,6H2,1-2H3,(H,18,19). The van der Waals surface area contributed by atoms with Crippen molar-refractivity contribution in [1.29, 1.82) is 0 Å². The molecule has 2 rings (SSSR count). The van der Waals surface area contributed by atoms with Crippen molar-refractivity contribution in [3.05, 3.63) is 58.1 Å². The van der Waals surface area contributed by atoms with Crippen molar-refractivity contribution in [2.75, 3.05) is 0 Å². The highest BCUT2D eigenvalue weighted by molar-refractivity contribution is 6.30. The smallest absolute Gasteiger partial charge is 0.253 e. The molecule has 0 saturated carbocycles. The van der Waals surface area contributed by atoms with Crippen molar-refractivity contribution in [3.63, 3.8) is 0 Å². The topological polar surface area (TPSA) is 54.9 Å². The minimum Gasteiger partial charge on any atom is -0.348 e. The number of nitrogens with one attached hydrogen (secondary N) is 1. The lowest BCUT2D eigenvalue weighted by Crippen LogP contribution is -2.23. The van der Waals surface area contributed by atoms with Gasteiger partial charge in [0.15, 0.2) is 0 Å². The number of carbonyl (C=O) groups excluding carboxylic acids is 1. The third kappa shape index (κ3) is 3.51. The normalized spacial score (nSPS) is 10.3. The highest BCUT2D eigenvalue weighted by atomic mass is 35.5. The number of rotatable bonds is 3. The second-order valence-electron chi connectivity index (χ2n) is 4.32. The van der Waals surface area contributed by atoms with Crippen molar-refractivity contribution in [2.45, 2.75) is 20.4 Å². The van der Waals surface area contributed by atoms with Crippen LogP contribution < -0.4 is 5.32 Å². The van der Waals surface area contributed by atoms with Gasteiger partial charge in [0.05, 0.1) is 10.6 Å². The zero-order valence-corrected chi connectivity index (χ0v) is 11.5. The Kier molecular flexibility index (Phi) is 4.12. The van der Waals surface area contributed by atoms with Gasteiger partial charge in [0.25, 0.3) is 5.91 Å². The van der Waals surface area contributed by atoms with E-state index in [2.05, 4.69) is 15.3 Å². The van der Waals surface area contributed by atoms with Gasteiger partial charge in [-0.15, -0.1) is 0 Å². The van der Waals surface area contributed by atoms with Crippen LogP contribution in [0.1, 0.15) is 27.2 Å². The Balaban J connectivity index is 2.02. The van der Waals surface area contributed by atoms with Crippen LogP contribution in [0.15, 0.2) is 30.7 Å². The summed E-state index contributed by atoms with van der Waals surface area (Å²) in [6.45, 7) is 4.38. The molecular weight excluding hydrogens is 262 g/mol. The van der Waals surface area contributed by atoms with Gasteiger partial charge in [-0.2, -0.15) is 0 Å². The maximum absolute atomic E-state index is 11.9. The van der Waals surface area contributed by atoms with Crippen molar-refractivity contribution in [1.82, 2.24) is 15.3 Å². The predicted octanol–water partition coefficient (Wildman–Crippen LogP) is 2.68. The number of aryl methyl sites for hydroxylation is 2. The second-order valence-corrected chi connectivity index (χ2v) is 4.76. The fourth-order valence-electron chi connectivity index (χ4n) is 1.62. The van der Waals surface area contributed by atoms with Crippen LogP contribution in [0.4, 0.5) is 0 Å². The van der Waals surface area contributed by atoms with Crippen molar-refractivity contribution >= 4 is 17.5 Å². The molecule has 4 nitrogen and oxygen atoms in total. The molecule has 2 aromatic rings. The molecule has 0 spiro atoms. The fourth-order valence-corrected chi connectivity index (χ4v) is 1.79. The van der Waals surface area contributed by atoms with Crippen LogP contribution in [-0.2, 0) is 6.54 Å². The first kappa shape index (κ1) is 13.5. The molecule has 0 aromatic carbocycles. The first-order chi connectivity index (χ1) is 9.06. The predicted molar refractivity (Wildman–Crippen MR) is 74.1 cm³/mol. The number of aromatic nitrogens is 2. The van der Waals surface area contributed by atoms with E-state index in [9.17, 15) is 4.79 Å². The minimum atomic E-state index is -0.201. The van der Waals surface area contributed by atoms with Gasteiger partial charge in [0.2, 0.25) is 0 Å². The van der Waals surface area contributed by atoms with Gasteiger partial charge < -0.3 is 5.32 Å². The molecule has 0 aliphatic heterocycles. The van der Waals surface area contributed by atoms with E-state index in [1.807, 2.05) is 19.9 Å². The zero-order valence-electron chi connectivity index (χ0n) is 10.8. The molecule has 19 heavy (non-hydrogen) atoms. The van der Waals surface area contributed by atoms with Crippen LogP contribution >= 0.6 is 11.6 Å². The fraction of sp³-hybridized carbons (Fsp3) is 0.214. The summed E-state index contributed by atoms with van der Waals surface area (Å²) in [5.74, 6) is -0.201. The number of nitrogens with zero attached hydrogens (tertiary/aromatic N) is 2. The van der Waals surface area contributed by atoms with E-state index in [0.29, 0.717) is 17.1 Å². The van der Waals surface area contributed by atoms with Gasteiger partial charge in [0.1, 0.15) is 0 Å². The van der Waals surface area contributed by atoms with Crippen LogP contribution in [0.5, 0.6) is 0 Å². The summed E-state index contributed by atoms with van der Waals surface area (Å²) < 4.78 is 0. The van der Waals surface area contributed by atoms with E-state index in [0.717, 1.165) is 16.8 Å². The molecule has 2 heterocycles. The van der Waals surface area contributed by atoms with Crippen LogP contribution in [0, 0.1) is 13.8 Å². The van der Waals surface area contributed by atoms with E-state index in [1.165, 1.54) is 12.4 Å². The summed E-state index contributed by atoms with van der Waals surface area (Å²) >= 11 is 5.79. The Morgan fingerprint density at radius 3 is 2.74 bits per heavy atom. The third-order valence-electron chi connectivity index (χ3n) is 2.82. The van der Waals surface area contributed by atoms with Crippen LogP contribution in [0.3, 0.4) is 0 Å².